The van der Waals surface area contributed by atoms with Crippen LogP contribution >= 0.6 is 0 Å². The molecular formula is C25H42N6O. The number of aliphatic imine (C=N–C) groups is 1. The average Bonchev–Trinajstić information content (AvgIpc) is 2.80. The minimum atomic E-state index is -0.245. The summed E-state index contributed by atoms with van der Waals surface area (Å²) in [4.78, 5) is 20.2. The Hall–Kier alpha value is -2.12. The van der Waals surface area contributed by atoms with Gasteiger partial charge in [-0.15, -0.1) is 0 Å². The molecule has 0 aromatic heterocycles. The van der Waals surface area contributed by atoms with E-state index in [1.807, 2.05) is 7.05 Å². The number of nitrogens with one attached hydrogen (secondary N) is 2. The maximum absolute atomic E-state index is 11.1. The number of carbonyl (C=O) groups is 1. The third kappa shape index (κ3) is 8.79. The number of primary amides is 1. The number of benzene rings is 1. The van der Waals surface area contributed by atoms with Gasteiger partial charge in [-0.1, -0.05) is 30.3 Å². The van der Waals surface area contributed by atoms with Gasteiger partial charge in [0, 0.05) is 32.7 Å². The highest BCUT2D eigenvalue weighted by atomic mass is 16.1. The molecule has 0 aliphatic carbocycles. The number of hydrogen-bond acceptors (Lipinski definition) is 4. The van der Waals surface area contributed by atoms with Crippen LogP contribution in [0.3, 0.4) is 0 Å². The Balaban J connectivity index is 1.22. The second kappa shape index (κ2) is 13.4. The van der Waals surface area contributed by atoms with Gasteiger partial charge < -0.3 is 21.3 Å². The van der Waals surface area contributed by atoms with Gasteiger partial charge in [0.1, 0.15) is 0 Å². The molecule has 32 heavy (non-hydrogen) atoms. The molecule has 2 aliphatic heterocycles. The first-order valence-corrected chi connectivity index (χ1v) is 12.4. The van der Waals surface area contributed by atoms with E-state index in [2.05, 4.69) is 55.8 Å². The number of nitrogens with two attached hydrogens (primary N) is 1. The van der Waals surface area contributed by atoms with Crippen LogP contribution in [0.1, 0.15) is 44.1 Å². The Labute approximate surface area is 193 Å². The molecule has 0 bridgehead atoms. The molecule has 1 amide bonds. The summed E-state index contributed by atoms with van der Waals surface area (Å²) in [6, 6.07) is 11.3. The number of nitrogens with zero attached hydrogens (tertiary/aromatic N) is 3. The minimum absolute atomic E-state index is 0.245. The number of carbonyl (C=O) groups excluding carboxylic acids is 1. The van der Waals surface area contributed by atoms with Crippen molar-refractivity contribution in [3.8, 4) is 0 Å². The van der Waals surface area contributed by atoms with E-state index in [0.717, 1.165) is 50.8 Å². The van der Waals surface area contributed by atoms with Crippen molar-refractivity contribution in [2.24, 2.45) is 16.6 Å². The van der Waals surface area contributed by atoms with E-state index >= 15 is 0 Å². The fourth-order valence-electron chi connectivity index (χ4n) is 4.87. The van der Waals surface area contributed by atoms with Crippen LogP contribution < -0.4 is 16.4 Å². The number of amides is 1. The lowest BCUT2D eigenvalue weighted by atomic mass is 9.90. The smallest absolute Gasteiger partial charge is 0.231 e. The molecule has 178 valence electrons. The van der Waals surface area contributed by atoms with E-state index < -0.39 is 0 Å². The van der Waals surface area contributed by atoms with Gasteiger partial charge in [-0.3, -0.25) is 14.7 Å². The van der Waals surface area contributed by atoms with Gasteiger partial charge in [0.25, 0.3) is 0 Å². The minimum Gasteiger partial charge on any atom is -0.369 e. The molecule has 7 nitrogen and oxygen atoms in total. The number of likely N-dealkylation sites (tertiary alicyclic amines) is 2. The molecule has 3 rings (SSSR count). The molecule has 2 saturated heterocycles. The summed E-state index contributed by atoms with van der Waals surface area (Å²) in [5.74, 6) is 1.48. The fourth-order valence-corrected chi connectivity index (χ4v) is 4.87. The number of unbranched alkanes of at least 4 members (excludes halogenated alkanes) is 1. The molecular weight excluding hydrogens is 400 g/mol. The van der Waals surface area contributed by atoms with Crippen LogP contribution in [0.15, 0.2) is 35.3 Å². The predicted octanol–water partition coefficient (Wildman–Crippen LogP) is 1.84. The second-order valence-electron chi connectivity index (χ2n) is 9.34. The van der Waals surface area contributed by atoms with E-state index in [9.17, 15) is 4.79 Å². The zero-order chi connectivity index (χ0) is 22.6. The van der Waals surface area contributed by atoms with E-state index in [1.54, 1.807) is 0 Å². The third-order valence-electron chi connectivity index (χ3n) is 6.80. The summed E-state index contributed by atoms with van der Waals surface area (Å²) >= 11 is 0. The Morgan fingerprint density at radius 3 is 2.38 bits per heavy atom. The Kier molecular flexibility index (Phi) is 10.3. The number of rotatable bonds is 10. The second-order valence-corrected chi connectivity index (χ2v) is 9.34. The van der Waals surface area contributed by atoms with E-state index in [-0.39, 0.29) is 5.91 Å². The van der Waals surface area contributed by atoms with Crippen molar-refractivity contribution in [2.45, 2.75) is 51.0 Å². The largest absolute Gasteiger partial charge is 0.369 e. The molecule has 0 atom stereocenters. The van der Waals surface area contributed by atoms with Crippen molar-refractivity contribution in [3.05, 3.63) is 35.9 Å². The van der Waals surface area contributed by atoms with Crippen molar-refractivity contribution in [2.75, 3.05) is 52.9 Å². The van der Waals surface area contributed by atoms with Gasteiger partial charge in [0.05, 0.1) is 6.54 Å². The monoisotopic (exact) mass is 442 g/mol. The van der Waals surface area contributed by atoms with Crippen LogP contribution in [0.5, 0.6) is 0 Å². The molecule has 0 spiro atoms. The van der Waals surface area contributed by atoms with Crippen molar-refractivity contribution >= 4 is 11.9 Å². The summed E-state index contributed by atoms with van der Waals surface area (Å²) in [5, 5.41) is 7.00. The van der Waals surface area contributed by atoms with Crippen LogP contribution in [0.2, 0.25) is 0 Å². The first kappa shape index (κ1) is 24.5. The van der Waals surface area contributed by atoms with Crippen molar-refractivity contribution < 1.29 is 4.79 Å². The van der Waals surface area contributed by atoms with Gasteiger partial charge in [-0.25, -0.2) is 0 Å². The van der Waals surface area contributed by atoms with Crippen molar-refractivity contribution in [3.63, 3.8) is 0 Å². The summed E-state index contributed by atoms with van der Waals surface area (Å²) < 4.78 is 0. The summed E-state index contributed by atoms with van der Waals surface area (Å²) in [7, 11) is 1.83. The normalized spacial score (nSPS) is 19.7. The zero-order valence-electron chi connectivity index (χ0n) is 19.8. The molecule has 1 aromatic rings. The third-order valence-corrected chi connectivity index (χ3v) is 6.80. The van der Waals surface area contributed by atoms with Crippen LogP contribution in [-0.2, 0) is 11.2 Å². The molecule has 0 radical (unpaired) electrons. The molecule has 2 heterocycles. The number of hydrogen-bond donors (Lipinski definition) is 3. The SMILES string of the molecule is CN=C(NCCCCN1CCC(Cc2ccccc2)CC1)NC1CCN(CC(N)=O)CC1. The number of guanidine groups is 1. The summed E-state index contributed by atoms with van der Waals surface area (Å²) in [6.45, 7) is 6.80. The molecule has 2 fully saturated rings. The van der Waals surface area contributed by atoms with Crippen molar-refractivity contribution in [1.82, 2.24) is 20.4 Å². The maximum atomic E-state index is 11.1. The van der Waals surface area contributed by atoms with Gasteiger partial charge in [0.2, 0.25) is 5.91 Å². The Morgan fingerprint density at radius 2 is 1.72 bits per heavy atom. The van der Waals surface area contributed by atoms with Crippen LogP contribution in [0.25, 0.3) is 0 Å². The fraction of sp³-hybridized carbons (Fsp3) is 0.680. The van der Waals surface area contributed by atoms with E-state index in [0.29, 0.717) is 12.6 Å². The first-order chi connectivity index (χ1) is 15.6. The van der Waals surface area contributed by atoms with Gasteiger partial charge in [-0.05, 0) is 76.1 Å². The first-order valence-electron chi connectivity index (χ1n) is 12.4. The summed E-state index contributed by atoms with van der Waals surface area (Å²) in [6.07, 6.45) is 8.27. The number of piperidine rings is 2. The molecule has 0 saturated carbocycles. The van der Waals surface area contributed by atoms with E-state index in [4.69, 9.17) is 5.73 Å². The molecule has 7 heteroatoms. The summed E-state index contributed by atoms with van der Waals surface area (Å²) in [5.41, 5.74) is 6.77. The van der Waals surface area contributed by atoms with Gasteiger partial charge >= 0.3 is 0 Å². The molecule has 4 N–H and O–H groups in total. The van der Waals surface area contributed by atoms with Gasteiger partial charge in [0.15, 0.2) is 5.96 Å². The molecule has 1 aromatic carbocycles. The lowest BCUT2D eigenvalue weighted by molar-refractivity contribution is -0.119. The van der Waals surface area contributed by atoms with E-state index in [1.165, 1.54) is 50.9 Å². The van der Waals surface area contributed by atoms with Gasteiger partial charge in [-0.2, -0.15) is 0 Å². The molecule has 0 unspecified atom stereocenters. The highest BCUT2D eigenvalue weighted by Gasteiger charge is 2.21. The Morgan fingerprint density at radius 1 is 1.03 bits per heavy atom. The lowest BCUT2D eigenvalue weighted by Crippen LogP contribution is -2.50. The highest BCUT2D eigenvalue weighted by molar-refractivity contribution is 5.80. The van der Waals surface area contributed by atoms with Crippen LogP contribution in [-0.4, -0.2) is 80.6 Å². The zero-order valence-corrected chi connectivity index (χ0v) is 19.8. The maximum Gasteiger partial charge on any atom is 0.231 e. The Bertz CT molecular complexity index is 694. The topological polar surface area (TPSA) is 86.0 Å². The lowest BCUT2D eigenvalue weighted by Gasteiger charge is -2.32. The van der Waals surface area contributed by atoms with Crippen LogP contribution in [0, 0.1) is 5.92 Å². The standard InChI is InChI=1S/C25H42N6O/c1-27-25(29-23-11-17-31(18-12-23)20-24(26)32)28-13-5-6-14-30-15-9-22(10-16-30)19-21-7-3-2-4-8-21/h2-4,7-8,22-23H,5-6,9-20H2,1H3,(H2,26,32)(H2,27,28,29). The van der Waals surface area contributed by atoms with Crippen LogP contribution in [0.4, 0.5) is 0 Å². The molecule has 2 aliphatic rings. The van der Waals surface area contributed by atoms with Crippen molar-refractivity contribution in [1.29, 1.82) is 0 Å². The quantitative estimate of drug-likeness (QED) is 0.292. The predicted molar refractivity (Wildman–Crippen MR) is 132 cm³/mol. The average molecular weight is 443 g/mol. The highest BCUT2D eigenvalue weighted by Crippen LogP contribution is 2.21.